The number of aliphatic hydroxyl groups excluding tert-OH is 2. The lowest BCUT2D eigenvalue weighted by Crippen LogP contribution is -2.38. The van der Waals surface area contributed by atoms with E-state index in [9.17, 15) is 10.2 Å². The molecule has 1 rings (SSSR count). The number of rotatable bonds is 6. The molecule has 0 radical (unpaired) electrons. The van der Waals surface area contributed by atoms with Crippen LogP contribution in [0.5, 0.6) is 0 Å². The zero-order valence-electron chi connectivity index (χ0n) is 9.82. The first kappa shape index (κ1) is 12.9. The predicted octanol–water partition coefficient (Wildman–Crippen LogP) is -0.340. The fourth-order valence-electron chi connectivity index (χ4n) is 2.18. The van der Waals surface area contributed by atoms with Gasteiger partial charge in [0.05, 0.1) is 12.2 Å². The number of nitrogens with zero attached hydrogens (tertiary/aromatic N) is 1. The van der Waals surface area contributed by atoms with Crippen LogP contribution >= 0.6 is 0 Å². The van der Waals surface area contributed by atoms with Crippen LogP contribution in [0, 0.1) is 5.92 Å². The number of likely N-dealkylation sites (N-methyl/N-ethyl adjacent to an activating group) is 1. The molecule has 0 aliphatic heterocycles. The molecule has 1 fully saturated rings. The van der Waals surface area contributed by atoms with Gasteiger partial charge < -0.3 is 20.4 Å². The van der Waals surface area contributed by atoms with Crippen molar-refractivity contribution >= 4 is 0 Å². The standard InChI is InChI=1S/C11H24N2O2/c1-13(2)8-10(14)7-12-6-9-4-3-5-11(9)15/h9-12,14-15H,3-8H2,1-2H3. The van der Waals surface area contributed by atoms with Crippen molar-refractivity contribution in [2.24, 2.45) is 5.92 Å². The van der Waals surface area contributed by atoms with Crippen molar-refractivity contribution in [1.82, 2.24) is 10.2 Å². The molecule has 0 heterocycles. The number of hydrogen-bond acceptors (Lipinski definition) is 4. The lowest BCUT2D eigenvalue weighted by atomic mass is 10.1. The fourth-order valence-corrected chi connectivity index (χ4v) is 2.18. The van der Waals surface area contributed by atoms with Gasteiger partial charge in [-0.05, 0) is 32.9 Å². The topological polar surface area (TPSA) is 55.7 Å². The van der Waals surface area contributed by atoms with Crippen LogP contribution in [0.4, 0.5) is 0 Å². The average Bonchev–Trinajstić information content (AvgIpc) is 2.50. The molecule has 90 valence electrons. The van der Waals surface area contributed by atoms with E-state index in [4.69, 9.17) is 0 Å². The zero-order chi connectivity index (χ0) is 11.3. The molecule has 0 saturated heterocycles. The summed E-state index contributed by atoms with van der Waals surface area (Å²) in [6, 6.07) is 0. The van der Waals surface area contributed by atoms with Gasteiger partial charge in [-0.25, -0.2) is 0 Å². The maximum Gasteiger partial charge on any atom is 0.0791 e. The lowest BCUT2D eigenvalue weighted by Gasteiger charge is -2.19. The second-order valence-electron chi connectivity index (χ2n) is 4.83. The quantitative estimate of drug-likeness (QED) is 0.568. The average molecular weight is 216 g/mol. The third-order valence-electron chi connectivity index (χ3n) is 2.98. The zero-order valence-corrected chi connectivity index (χ0v) is 9.82. The van der Waals surface area contributed by atoms with Gasteiger partial charge in [0, 0.05) is 19.6 Å². The van der Waals surface area contributed by atoms with Crippen LogP contribution in [-0.2, 0) is 0 Å². The molecular weight excluding hydrogens is 192 g/mol. The third kappa shape index (κ3) is 4.93. The normalized spacial score (nSPS) is 28.6. The molecule has 0 aromatic heterocycles. The minimum absolute atomic E-state index is 0.136. The first-order valence-corrected chi connectivity index (χ1v) is 5.81. The van der Waals surface area contributed by atoms with E-state index < -0.39 is 0 Å². The number of nitrogens with one attached hydrogen (secondary N) is 1. The van der Waals surface area contributed by atoms with Crippen LogP contribution < -0.4 is 5.32 Å². The lowest BCUT2D eigenvalue weighted by molar-refractivity contribution is 0.115. The number of hydrogen-bond donors (Lipinski definition) is 3. The van der Waals surface area contributed by atoms with E-state index in [0.717, 1.165) is 25.8 Å². The van der Waals surface area contributed by atoms with E-state index in [0.29, 0.717) is 19.0 Å². The Bertz CT molecular complexity index is 176. The van der Waals surface area contributed by atoms with Gasteiger partial charge in [0.2, 0.25) is 0 Å². The molecule has 3 unspecified atom stereocenters. The molecular formula is C11H24N2O2. The minimum atomic E-state index is -0.321. The molecule has 3 atom stereocenters. The fraction of sp³-hybridized carbons (Fsp3) is 1.00. The van der Waals surface area contributed by atoms with Crippen molar-refractivity contribution in [1.29, 1.82) is 0 Å². The highest BCUT2D eigenvalue weighted by Gasteiger charge is 2.24. The highest BCUT2D eigenvalue weighted by Crippen LogP contribution is 2.24. The Morgan fingerprint density at radius 3 is 2.67 bits per heavy atom. The minimum Gasteiger partial charge on any atom is -0.393 e. The van der Waals surface area contributed by atoms with E-state index in [-0.39, 0.29) is 12.2 Å². The van der Waals surface area contributed by atoms with Gasteiger partial charge >= 0.3 is 0 Å². The summed E-state index contributed by atoms with van der Waals surface area (Å²) < 4.78 is 0. The van der Waals surface area contributed by atoms with Crippen molar-refractivity contribution in [3.05, 3.63) is 0 Å². The SMILES string of the molecule is CN(C)CC(O)CNCC1CCCC1O. The molecule has 3 N–H and O–H groups in total. The second kappa shape index (κ2) is 6.43. The maximum absolute atomic E-state index is 9.59. The van der Waals surface area contributed by atoms with Gasteiger partial charge in [-0.3, -0.25) is 0 Å². The molecule has 15 heavy (non-hydrogen) atoms. The summed E-state index contributed by atoms with van der Waals surface area (Å²) in [5, 5.41) is 22.4. The van der Waals surface area contributed by atoms with Crippen LogP contribution in [0.15, 0.2) is 0 Å². The van der Waals surface area contributed by atoms with Gasteiger partial charge in [0.25, 0.3) is 0 Å². The van der Waals surface area contributed by atoms with Crippen LogP contribution in [0.25, 0.3) is 0 Å². The van der Waals surface area contributed by atoms with E-state index in [1.54, 1.807) is 0 Å². The van der Waals surface area contributed by atoms with Crippen LogP contribution in [-0.4, -0.2) is 61.1 Å². The highest BCUT2D eigenvalue weighted by atomic mass is 16.3. The summed E-state index contributed by atoms with van der Waals surface area (Å²) in [5.41, 5.74) is 0. The van der Waals surface area contributed by atoms with Crippen molar-refractivity contribution < 1.29 is 10.2 Å². The van der Waals surface area contributed by atoms with E-state index in [2.05, 4.69) is 5.32 Å². The highest BCUT2D eigenvalue weighted by molar-refractivity contribution is 4.78. The van der Waals surface area contributed by atoms with E-state index >= 15 is 0 Å². The Labute approximate surface area is 92.3 Å². The van der Waals surface area contributed by atoms with Gasteiger partial charge in [-0.2, -0.15) is 0 Å². The summed E-state index contributed by atoms with van der Waals surface area (Å²) in [7, 11) is 3.90. The Balaban J connectivity index is 2.05. The van der Waals surface area contributed by atoms with Gasteiger partial charge in [0.15, 0.2) is 0 Å². The van der Waals surface area contributed by atoms with Gasteiger partial charge in [-0.15, -0.1) is 0 Å². The first-order valence-electron chi connectivity index (χ1n) is 5.81. The molecule has 0 spiro atoms. The van der Waals surface area contributed by atoms with Crippen molar-refractivity contribution in [2.75, 3.05) is 33.7 Å². The van der Waals surface area contributed by atoms with E-state index in [1.807, 2.05) is 19.0 Å². The largest absolute Gasteiger partial charge is 0.393 e. The second-order valence-corrected chi connectivity index (χ2v) is 4.83. The predicted molar refractivity (Wildman–Crippen MR) is 60.8 cm³/mol. The van der Waals surface area contributed by atoms with Crippen molar-refractivity contribution in [3.8, 4) is 0 Å². The molecule has 0 amide bonds. The molecule has 0 aromatic rings. The Hall–Kier alpha value is -0.160. The monoisotopic (exact) mass is 216 g/mol. The molecule has 1 aliphatic rings. The maximum atomic E-state index is 9.59. The van der Waals surface area contributed by atoms with Crippen LogP contribution in [0.1, 0.15) is 19.3 Å². The third-order valence-corrected chi connectivity index (χ3v) is 2.98. The summed E-state index contributed by atoms with van der Waals surface area (Å²) in [6.45, 7) is 2.12. The molecule has 0 bridgehead atoms. The molecule has 1 aliphatic carbocycles. The van der Waals surface area contributed by atoms with Crippen LogP contribution in [0.3, 0.4) is 0 Å². The molecule has 1 saturated carbocycles. The molecule has 4 nitrogen and oxygen atoms in total. The van der Waals surface area contributed by atoms with Crippen molar-refractivity contribution in [3.63, 3.8) is 0 Å². The smallest absolute Gasteiger partial charge is 0.0791 e. The Morgan fingerprint density at radius 2 is 2.13 bits per heavy atom. The van der Waals surface area contributed by atoms with Crippen LogP contribution in [0.2, 0.25) is 0 Å². The first-order chi connectivity index (χ1) is 7.09. The molecule has 0 aromatic carbocycles. The summed E-state index contributed by atoms with van der Waals surface area (Å²) in [4.78, 5) is 1.97. The van der Waals surface area contributed by atoms with Crippen molar-refractivity contribution in [2.45, 2.75) is 31.5 Å². The molecule has 4 heteroatoms. The summed E-state index contributed by atoms with van der Waals surface area (Å²) in [6.07, 6.45) is 2.72. The van der Waals surface area contributed by atoms with E-state index in [1.165, 1.54) is 0 Å². The number of aliphatic hydroxyl groups is 2. The Morgan fingerprint density at radius 1 is 1.40 bits per heavy atom. The summed E-state index contributed by atoms with van der Waals surface area (Å²) >= 11 is 0. The Kier molecular flexibility index (Phi) is 5.53. The summed E-state index contributed by atoms with van der Waals surface area (Å²) in [5.74, 6) is 0.386. The van der Waals surface area contributed by atoms with Gasteiger partial charge in [-0.1, -0.05) is 6.42 Å². The van der Waals surface area contributed by atoms with Gasteiger partial charge in [0.1, 0.15) is 0 Å².